The van der Waals surface area contributed by atoms with Gasteiger partial charge in [-0.2, -0.15) is 0 Å². The molecule has 0 radical (unpaired) electrons. The van der Waals surface area contributed by atoms with E-state index in [9.17, 15) is 17.2 Å². The van der Waals surface area contributed by atoms with Crippen LogP contribution in [0.5, 0.6) is 0 Å². The summed E-state index contributed by atoms with van der Waals surface area (Å²) < 4.78 is 50.7. The maximum atomic E-state index is 13.7. The highest BCUT2D eigenvalue weighted by Gasteiger charge is 2.31. The average Bonchev–Trinajstić information content (AvgIpc) is 2.43. The molecule has 0 aliphatic carbocycles. The predicted octanol–water partition coefficient (Wildman–Crippen LogP) is 1.80. The smallest absolute Gasteiger partial charge is 0.163 e. The SMILES string of the molecule is CC1CCNC(c2cccc(F)c2F)CS1(=O)=O. The predicted molar refractivity (Wildman–Crippen MR) is 65.0 cm³/mol. The van der Waals surface area contributed by atoms with Gasteiger partial charge in [0.25, 0.3) is 0 Å². The molecule has 6 heteroatoms. The molecule has 18 heavy (non-hydrogen) atoms. The number of sulfone groups is 1. The van der Waals surface area contributed by atoms with Crippen molar-refractivity contribution in [1.29, 1.82) is 0 Å². The lowest BCUT2D eigenvalue weighted by Crippen LogP contribution is -2.27. The molecule has 1 aromatic carbocycles. The van der Waals surface area contributed by atoms with Gasteiger partial charge in [0.15, 0.2) is 21.5 Å². The zero-order valence-corrected chi connectivity index (χ0v) is 10.8. The van der Waals surface area contributed by atoms with E-state index in [0.717, 1.165) is 6.07 Å². The van der Waals surface area contributed by atoms with E-state index < -0.39 is 32.8 Å². The molecule has 1 aromatic rings. The second-order valence-corrected chi connectivity index (χ2v) is 7.04. The lowest BCUT2D eigenvalue weighted by atomic mass is 10.1. The third kappa shape index (κ3) is 2.54. The van der Waals surface area contributed by atoms with Crippen molar-refractivity contribution < 1.29 is 17.2 Å². The van der Waals surface area contributed by atoms with Crippen LogP contribution in [0.25, 0.3) is 0 Å². The Kier molecular flexibility index (Phi) is 3.68. The molecule has 0 spiro atoms. The van der Waals surface area contributed by atoms with E-state index in [1.54, 1.807) is 6.92 Å². The lowest BCUT2D eigenvalue weighted by molar-refractivity contribution is 0.475. The first-order valence-corrected chi connectivity index (χ1v) is 7.52. The fourth-order valence-corrected chi connectivity index (χ4v) is 3.65. The molecular weight excluding hydrogens is 260 g/mol. The Morgan fingerprint density at radius 2 is 2.06 bits per heavy atom. The molecule has 3 nitrogen and oxygen atoms in total. The van der Waals surface area contributed by atoms with Crippen molar-refractivity contribution in [2.45, 2.75) is 24.6 Å². The highest BCUT2D eigenvalue weighted by molar-refractivity contribution is 7.92. The highest BCUT2D eigenvalue weighted by Crippen LogP contribution is 2.24. The monoisotopic (exact) mass is 275 g/mol. The van der Waals surface area contributed by atoms with Crippen LogP contribution in [-0.4, -0.2) is 26.0 Å². The van der Waals surface area contributed by atoms with E-state index in [0.29, 0.717) is 13.0 Å². The Hall–Kier alpha value is -1.01. The Morgan fingerprint density at radius 3 is 2.78 bits per heavy atom. The van der Waals surface area contributed by atoms with Crippen LogP contribution in [0.4, 0.5) is 8.78 Å². The van der Waals surface area contributed by atoms with E-state index in [-0.39, 0.29) is 11.3 Å². The molecule has 1 heterocycles. The van der Waals surface area contributed by atoms with Crippen LogP contribution in [0.1, 0.15) is 24.9 Å². The van der Waals surface area contributed by atoms with Crippen LogP contribution >= 0.6 is 0 Å². The standard InChI is InChI=1S/C12H15F2NO2S/c1-8-5-6-15-11(7-18(8,16)17)9-3-2-4-10(13)12(9)14/h2-4,8,11,15H,5-7H2,1H3. The number of benzene rings is 1. The first-order chi connectivity index (χ1) is 8.42. The highest BCUT2D eigenvalue weighted by atomic mass is 32.2. The van der Waals surface area contributed by atoms with Crippen LogP contribution in [-0.2, 0) is 9.84 Å². The lowest BCUT2D eigenvalue weighted by Gasteiger charge is -2.17. The van der Waals surface area contributed by atoms with Gasteiger partial charge in [-0.1, -0.05) is 12.1 Å². The van der Waals surface area contributed by atoms with Crippen molar-refractivity contribution in [2.24, 2.45) is 0 Å². The van der Waals surface area contributed by atoms with E-state index in [2.05, 4.69) is 5.32 Å². The van der Waals surface area contributed by atoms with E-state index in [1.807, 2.05) is 0 Å². The second-order valence-electron chi connectivity index (χ2n) is 4.58. The molecule has 0 aromatic heterocycles. The Morgan fingerprint density at radius 1 is 1.33 bits per heavy atom. The molecule has 100 valence electrons. The van der Waals surface area contributed by atoms with Gasteiger partial charge in [0, 0.05) is 11.6 Å². The molecule has 1 N–H and O–H groups in total. The number of nitrogens with one attached hydrogen (secondary N) is 1. The summed E-state index contributed by atoms with van der Waals surface area (Å²) in [5.41, 5.74) is 0.0766. The maximum Gasteiger partial charge on any atom is 0.163 e. The van der Waals surface area contributed by atoms with Crippen LogP contribution in [0.2, 0.25) is 0 Å². The van der Waals surface area contributed by atoms with E-state index in [4.69, 9.17) is 0 Å². The van der Waals surface area contributed by atoms with Crippen molar-refractivity contribution in [2.75, 3.05) is 12.3 Å². The minimum absolute atomic E-state index is 0.0766. The van der Waals surface area contributed by atoms with Gasteiger partial charge >= 0.3 is 0 Å². The number of hydrogen-bond donors (Lipinski definition) is 1. The van der Waals surface area contributed by atoms with E-state index >= 15 is 0 Å². The summed E-state index contributed by atoms with van der Waals surface area (Å²) in [7, 11) is -3.28. The summed E-state index contributed by atoms with van der Waals surface area (Å²) in [6.45, 7) is 2.11. The molecule has 1 fully saturated rings. The molecule has 1 aliphatic heterocycles. The first kappa shape index (κ1) is 13.4. The second kappa shape index (κ2) is 4.93. The molecule has 0 bridgehead atoms. The summed E-state index contributed by atoms with van der Waals surface area (Å²) in [5, 5.41) is 2.51. The zero-order valence-electron chi connectivity index (χ0n) is 9.99. The zero-order chi connectivity index (χ0) is 13.3. The fraction of sp³-hybridized carbons (Fsp3) is 0.500. The van der Waals surface area contributed by atoms with Crippen LogP contribution in [0.3, 0.4) is 0 Å². The summed E-state index contributed by atoms with van der Waals surface area (Å²) in [6.07, 6.45) is 0.482. The summed E-state index contributed by atoms with van der Waals surface area (Å²) in [4.78, 5) is 0. The molecule has 2 unspecified atom stereocenters. The van der Waals surface area contributed by atoms with Gasteiger partial charge in [-0.3, -0.25) is 0 Å². The average molecular weight is 275 g/mol. The molecular formula is C12H15F2NO2S. The third-order valence-electron chi connectivity index (χ3n) is 3.31. The topological polar surface area (TPSA) is 46.2 Å². The Balaban J connectivity index is 2.36. The van der Waals surface area contributed by atoms with Crippen molar-refractivity contribution in [1.82, 2.24) is 5.32 Å². The number of rotatable bonds is 1. The largest absolute Gasteiger partial charge is 0.309 e. The van der Waals surface area contributed by atoms with Gasteiger partial charge in [-0.15, -0.1) is 0 Å². The Labute approximate surface area is 105 Å². The third-order valence-corrected chi connectivity index (χ3v) is 5.57. The summed E-state index contributed by atoms with van der Waals surface area (Å²) in [5.74, 6) is -2.13. The van der Waals surface area contributed by atoms with Gasteiger partial charge in [-0.25, -0.2) is 17.2 Å². The fourth-order valence-electron chi connectivity index (χ4n) is 2.09. The molecule has 1 aliphatic rings. The molecule has 0 saturated carbocycles. The molecule has 2 rings (SSSR count). The first-order valence-electron chi connectivity index (χ1n) is 5.80. The molecule has 2 atom stereocenters. The van der Waals surface area contributed by atoms with Crippen LogP contribution in [0.15, 0.2) is 18.2 Å². The number of hydrogen-bond acceptors (Lipinski definition) is 3. The van der Waals surface area contributed by atoms with Gasteiger partial charge < -0.3 is 5.32 Å². The van der Waals surface area contributed by atoms with Crippen LogP contribution < -0.4 is 5.32 Å². The Bertz CT molecular complexity index is 545. The van der Waals surface area contributed by atoms with Crippen molar-refractivity contribution >= 4 is 9.84 Å². The maximum absolute atomic E-state index is 13.7. The minimum Gasteiger partial charge on any atom is -0.309 e. The summed E-state index contributed by atoms with van der Waals surface area (Å²) >= 11 is 0. The quantitative estimate of drug-likeness (QED) is 0.850. The van der Waals surface area contributed by atoms with Crippen LogP contribution in [0, 0.1) is 11.6 Å². The normalized spacial score (nSPS) is 27.7. The van der Waals surface area contributed by atoms with Crippen molar-refractivity contribution in [3.05, 3.63) is 35.4 Å². The van der Waals surface area contributed by atoms with Gasteiger partial charge in [-0.05, 0) is 26.0 Å². The number of halogens is 2. The minimum atomic E-state index is -3.28. The molecule has 0 amide bonds. The molecule has 1 saturated heterocycles. The summed E-state index contributed by atoms with van der Waals surface area (Å²) in [6, 6.07) is 3.14. The van der Waals surface area contributed by atoms with Crippen molar-refractivity contribution in [3.63, 3.8) is 0 Å². The van der Waals surface area contributed by atoms with Gasteiger partial charge in [0.2, 0.25) is 0 Å². The van der Waals surface area contributed by atoms with E-state index in [1.165, 1.54) is 12.1 Å². The van der Waals surface area contributed by atoms with Gasteiger partial charge in [0.05, 0.1) is 11.0 Å². The van der Waals surface area contributed by atoms with Crippen molar-refractivity contribution in [3.8, 4) is 0 Å². The van der Waals surface area contributed by atoms with Gasteiger partial charge in [0.1, 0.15) is 0 Å².